The van der Waals surface area contributed by atoms with Crippen molar-refractivity contribution >= 4 is 11.9 Å². The first kappa shape index (κ1) is 11.9. The van der Waals surface area contributed by atoms with Crippen LogP contribution in [0.25, 0.3) is 0 Å². The highest BCUT2D eigenvalue weighted by molar-refractivity contribution is 5.85. The monoisotopic (exact) mass is 188 g/mol. The molecule has 13 heavy (non-hydrogen) atoms. The fraction of sp³-hybridized carbons (Fsp3) is 0.750. The number of rotatable bonds is 5. The Morgan fingerprint density at radius 1 is 1.54 bits per heavy atom. The molecule has 76 valence electrons. The predicted molar refractivity (Wildman–Crippen MR) is 48.1 cm³/mol. The van der Waals surface area contributed by atoms with Crippen LogP contribution in [0.5, 0.6) is 0 Å². The molecular weight excluding hydrogens is 172 g/mol. The lowest BCUT2D eigenvalue weighted by atomic mass is 9.99. The van der Waals surface area contributed by atoms with Gasteiger partial charge < -0.3 is 16.2 Å². The van der Waals surface area contributed by atoms with Gasteiger partial charge in [0.15, 0.2) is 0 Å². The normalized spacial score (nSPS) is 14.7. The molecule has 1 amide bonds. The van der Waals surface area contributed by atoms with E-state index in [9.17, 15) is 9.59 Å². The van der Waals surface area contributed by atoms with Crippen LogP contribution in [-0.2, 0) is 9.59 Å². The molecule has 0 fully saturated rings. The van der Waals surface area contributed by atoms with Gasteiger partial charge in [0, 0.05) is 0 Å². The molecule has 0 aliphatic rings. The van der Waals surface area contributed by atoms with Gasteiger partial charge in [-0.05, 0) is 5.92 Å². The van der Waals surface area contributed by atoms with Crippen LogP contribution in [0, 0.1) is 5.92 Å². The third kappa shape index (κ3) is 4.47. The number of aliphatic carboxylic acids is 1. The van der Waals surface area contributed by atoms with Gasteiger partial charge in [-0.2, -0.15) is 0 Å². The molecule has 0 aromatic heterocycles. The van der Waals surface area contributed by atoms with Crippen molar-refractivity contribution in [3.8, 4) is 0 Å². The zero-order chi connectivity index (χ0) is 10.4. The summed E-state index contributed by atoms with van der Waals surface area (Å²) in [6.07, 6.45) is 0.793. The van der Waals surface area contributed by atoms with Gasteiger partial charge >= 0.3 is 5.97 Å². The smallest absolute Gasteiger partial charge is 0.322 e. The van der Waals surface area contributed by atoms with E-state index in [1.807, 2.05) is 13.8 Å². The van der Waals surface area contributed by atoms with E-state index >= 15 is 0 Å². The van der Waals surface area contributed by atoms with E-state index in [0.29, 0.717) is 0 Å². The Morgan fingerprint density at radius 2 is 2.08 bits per heavy atom. The first-order valence-electron chi connectivity index (χ1n) is 4.24. The molecule has 0 spiro atoms. The fourth-order valence-electron chi connectivity index (χ4n) is 0.793. The molecular formula is C8H16N2O3. The molecule has 0 radical (unpaired) electrons. The zero-order valence-corrected chi connectivity index (χ0v) is 7.91. The number of nitrogens with two attached hydrogens (primary N) is 1. The van der Waals surface area contributed by atoms with E-state index in [1.165, 1.54) is 0 Å². The number of hydrogen-bond acceptors (Lipinski definition) is 3. The van der Waals surface area contributed by atoms with Crippen LogP contribution < -0.4 is 11.1 Å². The Balaban J connectivity index is 3.89. The molecule has 0 heterocycles. The number of carbonyl (C=O) groups is 2. The highest BCUT2D eigenvalue weighted by atomic mass is 16.4. The van der Waals surface area contributed by atoms with E-state index in [-0.39, 0.29) is 12.5 Å². The zero-order valence-electron chi connectivity index (χ0n) is 7.91. The molecule has 2 atom stereocenters. The SMILES string of the molecule is CC[C@@H](C)[C@@H](N)C(=O)NCC(=O)O. The summed E-state index contributed by atoms with van der Waals surface area (Å²) in [4.78, 5) is 21.3. The average Bonchev–Trinajstić information content (AvgIpc) is 2.11. The Labute approximate surface area is 77.3 Å². The van der Waals surface area contributed by atoms with Gasteiger partial charge in [0.2, 0.25) is 5.91 Å². The van der Waals surface area contributed by atoms with Crippen LogP contribution in [-0.4, -0.2) is 29.6 Å². The number of carboxylic acids is 1. The minimum atomic E-state index is -1.07. The van der Waals surface area contributed by atoms with Crippen LogP contribution in [0.15, 0.2) is 0 Å². The van der Waals surface area contributed by atoms with Gasteiger partial charge in [0.25, 0.3) is 0 Å². The summed E-state index contributed by atoms with van der Waals surface area (Å²) in [6.45, 7) is 3.41. The van der Waals surface area contributed by atoms with Crippen LogP contribution in [0.2, 0.25) is 0 Å². The second-order valence-corrected chi connectivity index (χ2v) is 3.02. The van der Waals surface area contributed by atoms with E-state index in [2.05, 4.69) is 5.32 Å². The molecule has 0 aromatic carbocycles. The molecule has 0 unspecified atom stereocenters. The van der Waals surface area contributed by atoms with Crippen molar-refractivity contribution in [3.63, 3.8) is 0 Å². The lowest BCUT2D eigenvalue weighted by Gasteiger charge is -2.16. The highest BCUT2D eigenvalue weighted by Gasteiger charge is 2.19. The second kappa shape index (κ2) is 5.53. The van der Waals surface area contributed by atoms with Gasteiger partial charge in [-0.15, -0.1) is 0 Å². The van der Waals surface area contributed by atoms with Gasteiger partial charge in [-0.3, -0.25) is 9.59 Å². The summed E-state index contributed by atoms with van der Waals surface area (Å²) in [5.74, 6) is -1.41. The first-order valence-corrected chi connectivity index (χ1v) is 4.24. The van der Waals surface area contributed by atoms with Crippen molar-refractivity contribution in [1.82, 2.24) is 5.32 Å². The summed E-state index contributed by atoms with van der Waals surface area (Å²) in [5, 5.41) is 10.5. The molecule has 4 N–H and O–H groups in total. The molecule has 0 aromatic rings. The van der Waals surface area contributed by atoms with Gasteiger partial charge in [0.05, 0.1) is 6.04 Å². The minimum Gasteiger partial charge on any atom is -0.480 e. The Kier molecular flexibility index (Phi) is 5.06. The lowest BCUT2D eigenvalue weighted by Crippen LogP contribution is -2.46. The summed E-state index contributed by atoms with van der Waals surface area (Å²) in [5.41, 5.74) is 5.55. The Morgan fingerprint density at radius 3 is 2.46 bits per heavy atom. The average molecular weight is 188 g/mol. The van der Waals surface area contributed by atoms with E-state index in [0.717, 1.165) is 6.42 Å². The van der Waals surface area contributed by atoms with Gasteiger partial charge in [0.1, 0.15) is 6.54 Å². The molecule has 5 heteroatoms. The topological polar surface area (TPSA) is 92.4 Å². The van der Waals surface area contributed by atoms with Crippen LogP contribution in [0.4, 0.5) is 0 Å². The van der Waals surface area contributed by atoms with Crippen molar-refractivity contribution in [2.24, 2.45) is 11.7 Å². The minimum absolute atomic E-state index is 0.0637. The number of hydrogen-bond donors (Lipinski definition) is 3. The van der Waals surface area contributed by atoms with Crippen LogP contribution in [0.3, 0.4) is 0 Å². The molecule has 0 saturated carbocycles. The van der Waals surface area contributed by atoms with E-state index in [1.54, 1.807) is 0 Å². The molecule has 0 saturated heterocycles. The molecule has 0 rings (SSSR count). The quantitative estimate of drug-likeness (QED) is 0.545. The van der Waals surface area contributed by atoms with E-state index < -0.39 is 17.9 Å². The Hall–Kier alpha value is -1.10. The van der Waals surface area contributed by atoms with Crippen molar-refractivity contribution in [2.75, 3.05) is 6.54 Å². The standard InChI is InChI=1S/C8H16N2O3/c1-3-5(2)7(9)8(13)10-4-6(11)12/h5,7H,3-4,9H2,1-2H3,(H,10,13)(H,11,12)/t5-,7-/m1/s1. The molecule has 0 bridgehead atoms. The molecule has 5 nitrogen and oxygen atoms in total. The Bertz CT molecular complexity index is 194. The third-order valence-electron chi connectivity index (χ3n) is 1.97. The van der Waals surface area contributed by atoms with Crippen LogP contribution >= 0.6 is 0 Å². The summed E-state index contributed by atoms with van der Waals surface area (Å²) in [7, 11) is 0. The van der Waals surface area contributed by atoms with E-state index in [4.69, 9.17) is 10.8 Å². The summed E-state index contributed by atoms with van der Waals surface area (Å²) >= 11 is 0. The van der Waals surface area contributed by atoms with Crippen molar-refractivity contribution in [3.05, 3.63) is 0 Å². The van der Waals surface area contributed by atoms with Gasteiger partial charge in [-0.25, -0.2) is 0 Å². The van der Waals surface area contributed by atoms with Crippen molar-refractivity contribution < 1.29 is 14.7 Å². The van der Waals surface area contributed by atoms with Crippen LogP contribution in [0.1, 0.15) is 20.3 Å². The number of carbonyl (C=O) groups excluding carboxylic acids is 1. The number of amides is 1. The summed E-state index contributed by atoms with van der Waals surface area (Å²) in [6, 6.07) is -0.621. The summed E-state index contributed by atoms with van der Waals surface area (Å²) < 4.78 is 0. The van der Waals surface area contributed by atoms with Crippen molar-refractivity contribution in [1.29, 1.82) is 0 Å². The largest absolute Gasteiger partial charge is 0.480 e. The maximum Gasteiger partial charge on any atom is 0.322 e. The second-order valence-electron chi connectivity index (χ2n) is 3.02. The maximum atomic E-state index is 11.1. The first-order chi connectivity index (χ1) is 5.99. The molecule has 0 aliphatic carbocycles. The fourth-order valence-corrected chi connectivity index (χ4v) is 0.793. The number of nitrogens with one attached hydrogen (secondary N) is 1. The number of carboxylic acid groups (broad SMARTS) is 1. The van der Waals surface area contributed by atoms with Gasteiger partial charge in [-0.1, -0.05) is 20.3 Å². The third-order valence-corrected chi connectivity index (χ3v) is 1.97. The predicted octanol–water partition coefficient (Wildman–Crippen LogP) is -0.439. The highest BCUT2D eigenvalue weighted by Crippen LogP contribution is 2.04. The lowest BCUT2D eigenvalue weighted by molar-refractivity contribution is -0.138. The van der Waals surface area contributed by atoms with Crippen molar-refractivity contribution in [2.45, 2.75) is 26.3 Å². The molecule has 0 aliphatic heterocycles. The maximum absolute atomic E-state index is 11.1.